The van der Waals surface area contributed by atoms with Crippen molar-refractivity contribution in [3.05, 3.63) is 67.6 Å². The third-order valence-corrected chi connectivity index (χ3v) is 3.72. The number of amides is 1. The summed E-state index contributed by atoms with van der Waals surface area (Å²) in [6.07, 6.45) is -4.25. The van der Waals surface area contributed by atoms with Gasteiger partial charge in [-0.25, -0.2) is 0 Å². The van der Waals surface area contributed by atoms with Gasteiger partial charge in [0.05, 0.1) is 10.5 Å². The van der Waals surface area contributed by atoms with E-state index < -0.39 is 52.9 Å². The van der Waals surface area contributed by atoms with Crippen LogP contribution in [-0.4, -0.2) is 28.0 Å². The van der Waals surface area contributed by atoms with E-state index in [-0.39, 0.29) is 10.7 Å². The van der Waals surface area contributed by atoms with Gasteiger partial charge in [-0.1, -0.05) is 11.6 Å². The predicted octanol–water partition coefficient (Wildman–Crippen LogP) is 2.61. The van der Waals surface area contributed by atoms with E-state index in [9.17, 15) is 37.7 Å². The number of rotatable bonds is 6. The second-order valence-corrected chi connectivity index (χ2v) is 5.92. The van der Waals surface area contributed by atoms with Gasteiger partial charge in [-0.2, -0.15) is 13.2 Å². The molecule has 0 radical (unpaired) electrons. The standard InChI is InChI=1S/C16H11ClF3N3O6/c17-11-3-2-10(5-12(11)23(27)28)21-13(24)8-29-15(26)7-22-6-9(16(18,19)20)1-4-14(22)25/h1-6H,7-8H2,(H,21,24). The number of pyridine rings is 1. The summed E-state index contributed by atoms with van der Waals surface area (Å²) in [6.45, 7) is -1.68. The van der Waals surface area contributed by atoms with Crippen LogP contribution in [0, 0.1) is 10.1 Å². The van der Waals surface area contributed by atoms with Crippen molar-refractivity contribution in [3.8, 4) is 0 Å². The summed E-state index contributed by atoms with van der Waals surface area (Å²) >= 11 is 5.64. The number of anilines is 1. The van der Waals surface area contributed by atoms with Crippen LogP contribution in [0.2, 0.25) is 5.02 Å². The van der Waals surface area contributed by atoms with E-state index in [1.165, 1.54) is 12.1 Å². The Morgan fingerprint density at radius 3 is 2.55 bits per heavy atom. The lowest BCUT2D eigenvalue weighted by Crippen LogP contribution is -2.28. The molecule has 2 rings (SSSR count). The Balaban J connectivity index is 1.96. The summed E-state index contributed by atoms with van der Waals surface area (Å²) in [5.41, 5.74) is -2.44. The molecule has 29 heavy (non-hydrogen) atoms. The number of benzene rings is 1. The van der Waals surface area contributed by atoms with Crippen LogP contribution < -0.4 is 10.9 Å². The Hall–Kier alpha value is -3.41. The molecule has 0 bridgehead atoms. The largest absolute Gasteiger partial charge is 0.454 e. The lowest BCUT2D eigenvalue weighted by atomic mass is 10.3. The molecule has 0 unspecified atom stereocenters. The van der Waals surface area contributed by atoms with Gasteiger partial charge < -0.3 is 14.6 Å². The number of nitro benzene ring substituents is 1. The maximum atomic E-state index is 12.7. The zero-order valence-electron chi connectivity index (χ0n) is 14.2. The molecule has 1 heterocycles. The molecule has 1 aromatic carbocycles. The van der Waals surface area contributed by atoms with Crippen molar-refractivity contribution in [1.29, 1.82) is 0 Å². The molecule has 1 aromatic heterocycles. The lowest BCUT2D eigenvalue weighted by Gasteiger charge is -2.11. The highest BCUT2D eigenvalue weighted by atomic mass is 35.5. The van der Waals surface area contributed by atoms with Crippen molar-refractivity contribution in [1.82, 2.24) is 4.57 Å². The van der Waals surface area contributed by atoms with Crippen molar-refractivity contribution in [3.63, 3.8) is 0 Å². The number of hydrogen-bond donors (Lipinski definition) is 1. The van der Waals surface area contributed by atoms with E-state index in [0.29, 0.717) is 22.9 Å². The van der Waals surface area contributed by atoms with E-state index in [1.54, 1.807) is 0 Å². The van der Waals surface area contributed by atoms with Crippen LogP contribution in [0.5, 0.6) is 0 Å². The first-order chi connectivity index (χ1) is 13.5. The number of aromatic nitrogens is 1. The van der Waals surface area contributed by atoms with Crippen LogP contribution in [0.1, 0.15) is 5.56 Å². The van der Waals surface area contributed by atoms with Crippen LogP contribution in [0.15, 0.2) is 41.3 Å². The third kappa shape index (κ3) is 6.04. The minimum absolute atomic E-state index is 0.0104. The van der Waals surface area contributed by atoms with Crippen LogP contribution in [0.25, 0.3) is 0 Å². The monoisotopic (exact) mass is 433 g/mol. The van der Waals surface area contributed by atoms with E-state index in [2.05, 4.69) is 10.1 Å². The molecular formula is C16H11ClF3N3O6. The number of hydrogen-bond acceptors (Lipinski definition) is 6. The normalized spacial score (nSPS) is 11.0. The molecule has 9 nitrogen and oxygen atoms in total. The average Bonchev–Trinajstić information content (AvgIpc) is 2.62. The lowest BCUT2D eigenvalue weighted by molar-refractivity contribution is -0.384. The number of nitrogens with zero attached hydrogens (tertiary/aromatic N) is 2. The van der Waals surface area contributed by atoms with Gasteiger partial charge in [-0.3, -0.25) is 24.5 Å². The molecule has 0 saturated carbocycles. The Labute approximate surface area is 164 Å². The number of halogens is 4. The molecule has 0 fully saturated rings. The van der Waals surface area contributed by atoms with Crippen molar-refractivity contribution >= 4 is 34.9 Å². The first-order valence-electron chi connectivity index (χ1n) is 7.64. The molecule has 0 aliphatic rings. The summed E-state index contributed by atoms with van der Waals surface area (Å²) in [6, 6.07) is 4.67. The van der Waals surface area contributed by atoms with Crippen LogP contribution in [-0.2, 0) is 27.0 Å². The number of nitro groups is 1. The molecule has 13 heteroatoms. The van der Waals surface area contributed by atoms with Gasteiger partial charge in [0, 0.05) is 24.0 Å². The van der Waals surface area contributed by atoms with E-state index in [0.717, 1.165) is 6.07 Å². The molecule has 0 aliphatic heterocycles. The fraction of sp³-hybridized carbons (Fsp3) is 0.188. The predicted molar refractivity (Wildman–Crippen MR) is 93.4 cm³/mol. The summed E-state index contributed by atoms with van der Waals surface area (Å²) in [5.74, 6) is -2.00. The van der Waals surface area contributed by atoms with E-state index in [4.69, 9.17) is 11.6 Å². The molecule has 1 amide bonds. The molecule has 0 atom stereocenters. The number of carbonyl (C=O) groups excluding carboxylic acids is 2. The number of ether oxygens (including phenoxy) is 1. The van der Waals surface area contributed by atoms with Crippen LogP contribution in [0.3, 0.4) is 0 Å². The molecule has 0 aliphatic carbocycles. The van der Waals surface area contributed by atoms with Crippen molar-refractivity contribution in [2.75, 3.05) is 11.9 Å². The highest BCUT2D eigenvalue weighted by molar-refractivity contribution is 6.32. The number of nitrogens with one attached hydrogen (secondary N) is 1. The van der Waals surface area contributed by atoms with Crippen molar-refractivity contribution in [2.24, 2.45) is 0 Å². The second-order valence-electron chi connectivity index (χ2n) is 5.51. The highest BCUT2D eigenvalue weighted by Gasteiger charge is 2.31. The van der Waals surface area contributed by atoms with Crippen LogP contribution in [0.4, 0.5) is 24.5 Å². The average molecular weight is 434 g/mol. The fourth-order valence-electron chi connectivity index (χ4n) is 2.08. The number of alkyl halides is 3. The molecule has 0 saturated heterocycles. The summed E-state index contributed by atoms with van der Waals surface area (Å²) in [5, 5.41) is 12.9. The first kappa shape index (κ1) is 21.9. The number of carbonyl (C=O) groups is 2. The second kappa shape index (κ2) is 8.73. The minimum Gasteiger partial charge on any atom is -0.454 e. The van der Waals surface area contributed by atoms with Gasteiger partial charge in [-0.05, 0) is 18.2 Å². The Kier molecular flexibility index (Phi) is 6.59. The van der Waals surface area contributed by atoms with E-state index >= 15 is 0 Å². The molecule has 2 aromatic rings. The van der Waals surface area contributed by atoms with Crippen molar-refractivity contribution < 1.29 is 32.4 Å². The minimum atomic E-state index is -4.71. The third-order valence-electron chi connectivity index (χ3n) is 3.40. The zero-order chi connectivity index (χ0) is 21.8. The topological polar surface area (TPSA) is 121 Å². The fourth-order valence-corrected chi connectivity index (χ4v) is 2.27. The SMILES string of the molecule is O=C(COC(=O)Cn1cc(C(F)(F)F)ccc1=O)Nc1ccc(Cl)c([N+](=O)[O-])c1. The molecule has 154 valence electrons. The number of esters is 1. The maximum absolute atomic E-state index is 12.7. The zero-order valence-corrected chi connectivity index (χ0v) is 15.0. The highest BCUT2D eigenvalue weighted by Crippen LogP contribution is 2.28. The van der Waals surface area contributed by atoms with Gasteiger partial charge >= 0.3 is 12.1 Å². The Bertz CT molecular complexity index is 1020. The van der Waals surface area contributed by atoms with Crippen LogP contribution >= 0.6 is 11.6 Å². The van der Waals surface area contributed by atoms with Gasteiger partial charge in [0.2, 0.25) is 0 Å². The first-order valence-corrected chi connectivity index (χ1v) is 8.02. The smallest absolute Gasteiger partial charge is 0.417 e. The quantitative estimate of drug-likeness (QED) is 0.424. The Morgan fingerprint density at radius 2 is 1.93 bits per heavy atom. The van der Waals surface area contributed by atoms with Gasteiger partial charge in [0.15, 0.2) is 6.61 Å². The summed E-state index contributed by atoms with van der Waals surface area (Å²) < 4.78 is 43.1. The maximum Gasteiger partial charge on any atom is 0.417 e. The van der Waals surface area contributed by atoms with Gasteiger partial charge in [0.25, 0.3) is 17.2 Å². The van der Waals surface area contributed by atoms with Crippen molar-refractivity contribution in [2.45, 2.75) is 12.7 Å². The van der Waals surface area contributed by atoms with E-state index in [1.807, 2.05) is 0 Å². The van der Waals surface area contributed by atoms with Gasteiger partial charge in [0.1, 0.15) is 11.6 Å². The molecular weight excluding hydrogens is 423 g/mol. The summed E-state index contributed by atoms with van der Waals surface area (Å²) in [7, 11) is 0. The summed E-state index contributed by atoms with van der Waals surface area (Å²) in [4.78, 5) is 45.1. The Morgan fingerprint density at radius 1 is 1.24 bits per heavy atom. The molecule has 0 spiro atoms. The van der Waals surface area contributed by atoms with Gasteiger partial charge in [-0.15, -0.1) is 0 Å². The molecule has 1 N–H and O–H groups in total.